The van der Waals surface area contributed by atoms with Gasteiger partial charge < -0.3 is 21.3 Å². The van der Waals surface area contributed by atoms with Crippen molar-refractivity contribution in [1.82, 2.24) is 10.6 Å². The molecule has 144 valence electrons. The van der Waals surface area contributed by atoms with Crippen LogP contribution in [0.15, 0.2) is 36.4 Å². The first-order chi connectivity index (χ1) is 12.9. The van der Waals surface area contributed by atoms with E-state index in [1.165, 1.54) is 0 Å². The molecule has 0 saturated heterocycles. The van der Waals surface area contributed by atoms with Gasteiger partial charge in [-0.2, -0.15) is 0 Å². The van der Waals surface area contributed by atoms with E-state index in [1.807, 2.05) is 50.2 Å². The molecule has 0 fully saturated rings. The van der Waals surface area contributed by atoms with Crippen LogP contribution in [0.5, 0.6) is 0 Å². The van der Waals surface area contributed by atoms with E-state index in [0.29, 0.717) is 20.3 Å². The first-order valence-corrected chi connectivity index (χ1v) is 10.2. The molecule has 0 aliphatic rings. The number of rotatable bonds is 6. The standard InChI is InChI=1S/C19H22Cl2N4S2/c1-3-22-18(26)24-16-7-5-12(10-14(16)20)9-13-6-8-17(15(21)11-13)25-19(27)23-4-2/h5-8,10-11H,3-4,9H2,1-2H3,(H2,22,24,26)(H2,23,25,27). The molecule has 2 aromatic carbocycles. The first kappa shape index (κ1) is 21.7. The lowest BCUT2D eigenvalue weighted by Crippen LogP contribution is -2.28. The highest BCUT2D eigenvalue weighted by atomic mass is 35.5. The molecule has 0 radical (unpaired) electrons. The molecule has 2 rings (SSSR count). The summed E-state index contributed by atoms with van der Waals surface area (Å²) in [6, 6.07) is 11.7. The van der Waals surface area contributed by atoms with Crippen molar-refractivity contribution >= 4 is 69.2 Å². The lowest BCUT2D eigenvalue weighted by atomic mass is 10.0. The van der Waals surface area contributed by atoms with E-state index in [-0.39, 0.29) is 0 Å². The van der Waals surface area contributed by atoms with Gasteiger partial charge in [-0.1, -0.05) is 35.3 Å². The lowest BCUT2D eigenvalue weighted by molar-refractivity contribution is 0.979. The van der Waals surface area contributed by atoms with E-state index in [9.17, 15) is 0 Å². The minimum absolute atomic E-state index is 0.553. The highest BCUT2D eigenvalue weighted by molar-refractivity contribution is 7.80. The highest BCUT2D eigenvalue weighted by Crippen LogP contribution is 2.27. The number of nitrogens with one attached hydrogen (secondary N) is 4. The second kappa shape index (κ2) is 10.7. The Kier molecular flexibility index (Phi) is 8.57. The number of hydrogen-bond acceptors (Lipinski definition) is 2. The van der Waals surface area contributed by atoms with Crippen LogP contribution in [0.3, 0.4) is 0 Å². The lowest BCUT2D eigenvalue weighted by Gasteiger charge is -2.13. The van der Waals surface area contributed by atoms with Crippen LogP contribution in [0, 0.1) is 0 Å². The summed E-state index contributed by atoms with van der Waals surface area (Å²) < 4.78 is 0. The summed E-state index contributed by atoms with van der Waals surface area (Å²) in [4.78, 5) is 0. The fourth-order valence-electron chi connectivity index (χ4n) is 2.43. The van der Waals surface area contributed by atoms with Crippen molar-refractivity contribution < 1.29 is 0 Å². The average molecular weight is 441 g/mol. The Morgan fingerprint density at radius 1 is 0.778 bits per heavy atom. The maximum Gasteiger partial charge on any atom is 0.170 e. The minimum Gasteiger partial charge on any atom is -0.363 e. The van der Waals surface area contributed by atoms with E-state index < -0.39 is 0 Å². The summed E-state index contributed by atoms with van der Waals surface area (Å²) in [5.41, 5.74) is 3.72. The molecule has 0 saturated carbocycles. The van der Waals surface area contributed by atoms with E-state index in [1.54, 1.807) is 0 Å². The molecule has 0 aliphatic heterocycles. The summed E-state index contributed by atoms with van der Waals surface area (Å²) in [5, 5.41) is 14.6. The van der Waals surface area contributed by atoms with Crippen molar-refractivity contribution in [3.63, 3.8) is 0 Å². The Bertz CT molecular complexity index is 760. The number of anilines is 2. The zero-order valence-electron chi connectivity index (χ0n) is 15.2. The Morgan fingerprint density at radius 2 is 1.19 bits per heavy atom. The zero-order valence-corrected chi connectivity index (χ0v) is 18.3. The maximum atomic E-state index is 6.38. The third kappa shape index (κ3) is 6.81. The normalized spacial score (nSPS) is 10.2. The smallest absolute Gasteiger partial charge is 0.170 e. The van der Waals surface area contributed by atoms with Crippen molar-refractivity contribution in [2.75, 3.05) is 23.7 Å². The second-order valence-corrected chi connectivity index (χ2v) is 7.40. The monoisotopic (exact) mass is 440 g/mol. The highest BCUT2D eigenvalue weighted by Gasteiger charge is 2.07. The topological polar surface area (TPSA) is 48.1 Å². The summed E-state index contributed by atoms with van der Waals surface area (Å²) in [7, 11) is 0. The zero-order chi connectivity index (χ0) is 19.8. The summed E-state index contributed by atoms with van der Waals surface area (Å²) >= 11 is 23.1. The first-order valence-electron chi connectivity index (χ1n) is 8.59. The molecular formula is C19H22Cl2N4S2. The van der Waals surface area contributed by atoms with Gasteiger partial charge in [-0.25, -0.2) is 0 Å². The van der Waals surface area contributed by atoms with Crippen LogP contribution in [0.1, 0.15) is 25.0 Å². The SMILES string of the molecule is CCNC(=S)Nc1ccc(Cc2ccc(NC(=S)NCC)c(Cl)c2)cc1Cl. The molecule has 0 bridgehead atoms. The third-order valence-corrected chi connectivity index (χ3v) is 4.76. The molecule has 0 aliphatic carbocycles. The number of thiocarbonyl (C=S) groups is 2. The Balaban J connectivity index is 2.06. The number of benzene rings is 2. The van der Waals surface area contributed by atoms with Crippen LogP contribution in [-0.4, -0.2) is 23.3 Å². The van der Waals surface area contributed by atoms with E-state index in [0.717, 1.165) is 42.0 Å². The van der Waals surface area contributed by atoms with Gasteiger partial charge in [-0.3, -0.25) is 0 Å². The van der Waals surface area contributed by atoms with E-state index in [4.69, 9.17) is 47.6 Å². The molecule has 27 heavy (non-hydrogen) atoms. The molecule has 0 spiro atoms. The van der Waals surface area contributed by atoms with Gasteiger partial charge in [-0.05, 0) is 80.1 Å². The summed E-state index contributed by atoms with van der Waals surface area (Å²) in [6.07, 6.45) is 0.718. The predicted octanol–water partition coefficient (Wildman–Crippen LogP) is 5.20. The summed E-state index contributed by atoms with van der Waals surface area (Å²) in [6.45, 7) is 5.48. The van der Waals surface area contributed by atoms with E-state index in [2.05, 4.69) is 21.3 Å². The van der Waals surface area contributed by atoms with Gasteiger partial charge in [0.15, 0.2) is 10.2 Å². The molecule has 0 unspecified atom stereocenters. The largest absolute Gasteiger partial charge is 0.363 e. The molecule has 4 nitrogen and oxygen atoms in total. The fraction of sp³-hybridized carbons (Fsp3) is 0.263. The predicted molar refractivity (Wildman–Crippen MR) is 126 cm³/mol. The molecule has 2 aromatic rings. The van der Waals surface area contributed by atoms with Crippen molar-refractivity contribution in [1.29, 1.82) is 0 Å². The van der Waals surface area contributed by atoms with Crippen molar-refractivity contribution in [3.05, 3.63) is 57.6 Å². The van der Waals surface area contributed by atoms with Gasteiger partial charge in [0.1, 0.15) is 0 Å². The average Bonchev–Trinajstić information content (AvgIpc) is 2.60. The Morgan fingerprint density at radius 3 is 1.52 bits per heavy atom. The number of hydrogen-bond donors (Lipinski definition) is 4. The fourth-order valence-corrected chi connectivity index (χ4v) is 3.44. The van der Waals surface area contributed by atoms with Gasteiger partial charge in [0.2, 0.25) is 0 Å². The Labute approximate surface area is 181 Å². The third-order valence-electron chi connectivity index (χ3n) is 3.65. The molecule has 0 atom stereocenters. The van der Waals surface area contributed by atoms with Crippen molar-refractivity contribution in [2.45, 2.75) is 20.3 Å². The van der Waals surface area contributed by atoms with Gasteiger partial charge in [-0.15, -0.1) is 0 Å². The van der Waals surface area contributed by atoms with Gasteiger partial charge in [0.25, 0.3) is 0 Å². The maximum absolute atomic E-state index is 6.38. The van der Waals surface area contributed by atoms with Crippen LogP contribution in [0.4, 0.5) is 11.4 Å². The van der Waals surface area contributed by atoms with Crippen LogP contribution >= 0.6 is 47.6 Å². The van der Waals surface area contributed by atoms with Crippen molar-refractivity contribution in [2.24, 2.45) is 0 Å². The van der Waals surface area contributed by atoms with Gasteiger partial charge in [0, 0.05) is 13.1 Å². The van der Waals surface area contributed by atoms with E-state index >= 15 is 0 Å². The molecular weight excluding hydrogens is 419 g/mol. The Hall–Kier alpha value is -1.60. The molecule has 4 N–H and O–H groups in total. The van der Waals surface area contributed by atoms with Crippen LogP contribution in [-0.2, 0) is 6.42 Å². The van der Waals surface area contributed by atoms with Crippen molar-refractivity contribution in [3.8, 4) is 0 Å². The molecule has 0 heterocycles. The number of halogens is 2. The second-order valence-electron chi connectivity index (χ2n) is 5.77. The van der Waals surface area contributed by atoms with Crippen LogP contribution in [0.25, 0.3) is 0 Å². The van der Waals surface area contributed by atoms with Gasteiger partial charge in [0.05, 0.1) is 21.4 Å². The minimum atomic E-state index is 0.553. The molecule has 0 amide bonds. The molecule has 8 heteroatoms. The molecule has 0 aromatic heterocycles. The van der Waals surface area contributed by atoms with Gasteiger partial charge >= 0.3 is 0 Å². The van der Waals surface area contributed by atoms with Crippen LogP contribution < -0.4 is 21.3 Å². The quantitative estimate of drug-likeness (QED) is 0.463. The van der Waals surface area contributed by atoms with Crippen LogP contribution in [0.2, 0.25) is 10.0 Å². The summed E-state index contributed by atoms with van der Waals surface area (Å²) in [5.74, 6) is 0.